The molecule has 2 N–H and O–H groups in total. The highest BCUT2D eigenvalue weighted by Crippen LogP contribution is 2.29. The SMILES string of the molecule is O=C(/C=C/c1ccccc1O)NCc1ccc(C(F)(F)F)cc1. The van der Waals surface area contributed by atoms with Gasteiger partial charge in [-0.3, -0.25) is 4.79 Å². The van der Waals surface area contributed by atoms with Crippen LogP contribution in [0.5, 0.6) is 5.75 Å². The van der Waals surface area contributed by atoms with Gasteiger partial charge in [-0.15, -0.1) is 0 Å². The summed E-state index contributed by atoms with van der Waals surface area (Å²) in [5, 5.41) is 12.1. The summed E-state index contributed by atoms with van der Waals surface area (Å²) in [5.74, 6) is -0.354. The van der Waals surface area contributed by atoms with E-state index < -0.39 is 17.6 Å². The topological polar surface area (TPSA) is 49.3 Å². The molecule has 6 heteroatoms. The lowest BCUT2D eigenvalue weighted by Gasteiger charge is -2.08. The molecule has 0 unspecified atom stereocenters. The van der Waals surface area contributed by atoms with E-state index in [1.807, 2.05) is 0 Å². The Hall–Kier alpha value is -2.76. The number of alkyl halides is 3. The smallest absolute Gasteiger partial charge is 0.416 e. The van der Waals surface area contributed by atoms with Crippen LogP contribution in [0.25, 0.3) is 6.08 Å². The number of amides is 1. The van der Waals surface area contributed by atoms with E-state index in [-0.39, 0.29) is 12.3 Å². The molecule has 0 saturated carbocycles. The third-order valence-electron chi connectivity index (χ3n) is 3.10. The van der Waals surface area contributed by atoms with Crippen molar-refractivity contribution in [2.75, 3.05) is 0 Å². The van der Waals surface area contributed by atoms with Gasteiger partial charge in [0.15, 0.2) is 0 Å². The number of nitrogens with one attached hydrogen (secondary N) is 1. The normalized spacial score (nSPS) is 11.6. The quantitative estimate of drug-likeness (QED) is 0.843. The number of rotatable bonds is 4. The van der Waals surface area contributed by atoms with Crippen LogP contribution in [0.3, 0.4) is 0 Å². The maximum absolute atomic E-state index is 12.4. The molecular weight excluding hydrogens is 307 g/mol. The Balaban J connectivity index is 1.91. The van der Waals surface area contributed by atoms with Crippen molar-refractivity contribution in [1.82, 2.24) is 5.32 Å². The summed E-state index contributed by atoms with van der Waals surface area (Å²) in [4.78, 5) is 11.7. The van der Waals surface area contributed by atoms with Gasteiger partial charge in [-0.2, -0.15) is 13.2 Å². The third-order valence-corrected chi connectivity index (χ3v) is 3.10. The zero-order valence-corrected chi connectivity index (χ0v) is 12.0. The molecule has 2 aromatic carbocycles. The largest absolute Gasteiger partial charge is 0.507 e. The predicted molar refractivity (Wildman–Crippen MR) is 80.4 cm³/mol. The van der Waals surface area contributed by atoms with Gasteiger partial charge in [0.1, 0.15) is 5.75 Å². The number of benzene rings is 2. The first-order valence-corrected chi connectivity index (χ1v) is 6.76. The third kappa shape index (κ3) is 4.88. The second kappa shape index (κ2) is 7.00. The van der Waals surface area contributed by atoms with Crippen LogP contribution >= 0.6 is 0 Å². The average molecular weight is 321 g/mol. The van der Waals surface area contributed by atoms with E-state index in [1.54, 1.807) is 18.2 Å². The summed E-state index contributed by atoms with van der Waals surface area (Å²) in [6.45, 7) is 0.113. The summed E-state index contributed by atoms with van der Waals surface area (Å²) in [7, 11) is 0. The van der Waals surface area contributed by atoms with Crippen LogP contribution in [0.1, 0.15) is 16.7 Å². The molecule has 0 radical (unpaired) electrons. The molecule has 2 aromatic rings. The van der Waals surface area contributed by atoms with Gasteiger partial charge in [0, 0.05) is 18.2 Å². The van der Waals surface area contributed by atoms with Gasteiger partial charge in [-0.1, -0.05) is 30.3 Å². The van der Waals surface area contributed by atoms with Crippen molar-refractivity contribution in [1.29, 1.82) is 0 Å². The van der Waals surface area contributed by atoms with Crippen molar-refractivity contribution in [3.63, 3.8) is 0 Å². The molecule has 0 heterocycles. The maximum Gasteiger partial charge on any atom is 0.416 e. The minimum absolute atomic E-state index is 0.0549. The van der Waals surface area contributed by atoms with Gasteiger partial charge < -0.3 is 10.4 Å². The molecule has 0 fully saturated rings. The number of halogens is 3. The van der Waals surface area contributed by atoms with Gasteiger partial charge in [-0.05, 0) is 29.8 Å². The van der Waals surface area contributed by atoms with Crippen LogP contribution in [0, 0.1) is 0 Å². The molecule has 0 bridgehead atoms. The number of carbonyl (C=O) groups is 1. The van der Waals surface area contributed by atoms with Crippen molar-refractivity contribution in [2.24, 2.45) is 0 Å². The molecule has 0 aliphatic rings. The molecular formula is C17H14F3NO2. The molecule has 2 rings (SSSR count). The van der Waals surface area contributed by atoms with E-state index >= 15 is 0 Å². The van der Waals surface area contributed by atoms with Crippen molar-refractivity contribution in [2.45, 2.75) is 12.7 Å². The molecule has 0 aliphatic carbocycles. The number of hydrogen-bond acceptors (Lipinski definition) is 2. The monoisotopic (exact) mass is 321 g/mol. The van der Waals surface area contributed by atoms with Crippen molar-refractivity contribution in [3.05, 3.63) is 71.3 Å². The van der Waals surface area contributed by atoms with E-state index in [1.165, 1.54) is 30.4 Å². The van der Waals surface area contributed by atoms with E-state index in [4.69, 9.17) is 0 Å². The summed E-state index contributed by atoms with van der Waals surface area (Å²) < 4.78 is 37.3. The van der Waals surface area contributed by atoms with Gasteiger partial charge in [0.05, 0.1) is 5.56 Å². The molecule has 120 valence electrons. The molecule has 0 atom stereocenters. The first-order chi connectivity index (χ1) is 10.9. The predicted octanol–water partition coefficient (Wildman–Crippen LogP) is 3.74. The van der Waals surface area contributed by atoms with Crippen LogP contribution in [-0.2, 0) is 17.5 Å². The molecule has 0 aromatic heterocycles. The Labute approximate surface area is 131 Å². The number of carbonyl (C=O) groups excluding carboxylic acids is 1. The maximum atomic E-state index is 12.4. The van der Waals surface area contributed by atoms with E-state index in [0.29, 0.717) is 11.1 Å². The minimum Gasteiger partial charge on any atom is -0.507 e. The lowest BCUT2D eigenvalue weighted by Crippen LogP contribution is -2.20. The van der Waals surface area contributed by atoms with Gasteiger partial charge in [0.25, 0.3) is 0 Å². The Morgan fingerprint density at radius 3 is 2.35 bits per heavy atom. The van der Waals surface area contributed by atoms with E-state index in [0.717, 1.165) is 12.1 Å². The number of aromatic hydroxyl groups is 1. The van der Waals surface area contributed by atoms with Gasteiger partial charge >= 0.3 is 6.18 Å². The summed E-state index contributed by atoms with van der Waals surface area (Å²) in [6, 6.07) is 11.1. The fourth-order valence-electron chi connectivity index (χ4n) is 1.85. The van der Waals surface area contributed by atoms with E-state index in [9.17, 15) is 23.1 Å². The molecule has 23 heavy (non-hydrogen) atoms. The molecule has 3 nitrogen and oxygen atoms in total. The Bertz CT molecular complexity index is 707. The average Bonchev–Trinajstić information content (AvgIpc) is 2.51. The number of phenols is 1. The number of para-hydroxylation sites is 1. The van der Waals surface area contributed by atoms with Crippen LogP contribution in [-0.4, -0.2) is 11.0 Å². The highest BCUT2D eigenvalue weighted by molar-refractivity contribution is 5.92. The number of phenolic OH excluding ortho intramolecular Hbond substituents is 1. The highest BCUT2D eigenvalue weighted by atomic mass is 19.4. The van der Waals surface area contributed by atoms with Crippen LogP contribution in [0.15, 0.2) is 54.6 Å². The molecule has 0 aliphatic heterocycles. The Kier molecular flexibility index (Phi) is 5.05. The zero-order chi connectivity index (χ0) is 16.9. The second-order valence-electron chi connectivity index (χ2n) is 4.80. The fourth-order valence-corrected chi connectivity index (χ4v) is 1.85. The summed E-state index contributed by atoms with van der Waals surface area (Å²) in [6.07, 6.45) is -1.67. The lowest BCUT2D eigenvalue weighted by molar-refractivity contribution is -0.137. The first kappa shape index (κ1) is 16.6. The number of hydrogen-bond donors (Lipinski definition) is 2. The lowest BCUT2D eigenvalue weighted by atomic mass is 10.1. The van der Waals surface area contributed by atoms with Crippen molar-refractivity contribution in [3.8, 4) is 5.75 Å². The highest BCUT2D eigenvalue weighted by Gasteiger charge is 2.29. The summed E-state index contributed by atoms with van der Waals surface area (Å²) >= 11 is 0. The minimum atomic E-state index is -4.37. The van der Waals surface area contributed by atoms with Gasteiger partial charge in [0.2, 0.25) is 5.91 Å². The van der Waals surface area contributed by atoms with Crippen molar-refractivity contribution < 1.29 is 23.1 Å². The van der Waals surface area contributed by atoms with Crippen LogP contribution < -0.4 is 5.32 Å². The van der Waals surface area contributed by atoms with E-state index in [2.05, 4.69) is 5.32 Å². The Morgan fingerprint density at radius 1 is 1.09 bits per heavy atom. The summed E-state index contributed by atoms with van der Waals surface area (Å²) in [5.41, 5.74) is 0.325. The zero-order valence-electron chi connectivity index (χ0n) is 12.0. The van der Waals surface area contributed by atoms with Crippen LogP contribution in [0.2, 0.25) is 0 Å². The molecule has 0 saturated heterocycles. The molecule has 0 spiro atoms. The first-order valence-electron chi connectivity index (χ1n) is 6.76. The fraction of sp³-hybridized carbons (Fsp3) is 0.118. The van der Waals surface area contributed by atoms with Crippen molar-refractivity contribution >= 4 is 12.0 Å². The van der Waals surface area contributed by atoms with Gasteiger partial charge in [-0.25, -0.2) is 0 Å². The van der Waals surface area contributed by atoms with Crippen LogP contribution in [0.4, 0.5) is 13.2 Å². The Morgan fingerprint density at radius 2 is 1.74 bits per heavy atom. The molecule has 1 amide bonds. The standard InChI is InChI=1S/C17H14F3NO2/c18-17(19,20)14-8-5-12(6-9-14)11-21-16(23)10-7-13-3-1-2-4-15(13)22/h1-10,22H,11H2,(H,21,23)/b10-7+. The second-order valence-corrected chi connectivity index (χ2v) is 4.80.